The molecule has 0 bridgehead atoms. The van der Waals surface area contributed by atoms with Crippen LogP contribution in [0.5, 0.6) is 0 Å². The maximum atomic E-state index is 13.7. The van der Waals surface area contributed by atoms with Crippen LogP contribution in [0.25, 0.3) is 0 Å². The summed E-state index contributed by atoms with van der Waals surface area (Å²) in [7, 11) is 0. The van der Waals surface area contributed by atoms with Crippen molar-refractivity contribution in [3.8, 4) is 0 Å². The molecular weight excluding hydrogens is 544 g/mol. The van der Waals surface area contributed by atoms with Gasteiger partial charge in [0.25, 0.3) is 11.8 Å². The van der Waals surface area contributed by atoms with E-state index in [-0.39, 0.29) is 47.7 Å². The van der Waals surface area contributed by atoms with Crippen molar-refractivity contribution in [3.05, 3.63) is 74.5 Å². The monoisotopic (exact) mass is 566 g/mol. The Labute approximate surface area is 226 Å². The molecule has 200 valence electrons. The van der Waals surface area contributed by atoms with Gasteiger partial charge in [-0.25, -0.2) is 4.98 Å². The molecule has 2 aliphatic heterocycles. The number of aromatic nitrogens is 4. The first-order valence-corrected chi connectivity index (χ1v) is 12.7. The summed E-state index contributed by atoms with van der Waals surface area (Å²) >= 11 is 12.1. The van der Waals surface area contributed by atoms with Gasteiger partial charge in [-0.05, 0) is 39.0 Å². The van der Waals surface area contributed by atoms with Gasteiger partial charge in [-0.15, -0.1) is 0 Å². The van der Waals surface area contributed by atoms with Crippen LogP contribution in [0.4, 0.5) is 13.2 Å². The zero-order chi connectivity index (χ0) is 27.5. The third kappa shape index (κ3) is 4.51. The maximum Gasteiger partial charge on any atom is 0.434 e. The summed E-state index contributed by atoms with van der Waals surface area (Å²) in [5.41, 5.74) is 1.29. The number of halogens is 5. The number of nitrogens with zero attached hydrogens (tertiary/aromatic N) is 6. The van der Waals surface area contributed by atoms with Crippen LogP contribution in [0.2, 0.25) is 10.0 Å². The van der Waals surface area contributed by atoms with E-state index in [2.05, 4.69) is 9.97 Å². The molecular formula is C25H23Cl2F3N6O2. The van der Waals surface area contributed by atoms with Crippen molar-refractivity contribution >= 4 is 35.0 Å². The van der Waals surface area contributed by atoms with Crippen molar-refractivity contribution in [2.75, 3.05) is 6.54 Å². The van der Waals surface area contributed by atoms with E-state index in [1.165, 1.54) is 6.07 Å². The van der Waals surface area contributed by atoms with Gasteiger partial charge in [0.15, 0.2) is 5.69 Å². The van der Waals surface area contributed by atoms with Crippen LogP contribution in [0.1, 0.15) is 76.3 Å². The number of hydrogen-bond acceptors (Lipinski definition) is 5. The van der Waals surface area contributed by atoms with Gasteiger partial charge in [0.2, 0.25) is 0 Å². The van der Waals surface area contributed by atoms with E-state index in [1.54, 1.807) is 33.5 Å². The Kier molecular flexibility index (Phi) is 6.63. The molecule has 2 amide bonds. The van der Waals surface area contributed by atoms with Crippen molar-refractivity contribution in [1.82, 2.24) is 29.5 Å². The summed E-state index contributed by atoms with van der Waals surface area (Å²) in [5, 5.41) is 5.32. The minimum atomic E-state index is -4.60. The molecule has 3 aromatic rings. The van der Waals surface area contributed by atoms with Crippen molar-refractivity contribution in [3.63, 3.8) is 0 Å². The Bertz CT molecular complexity index is 1430. The Morgan fingerprint density at radius 3 is 2.47 bits per heavy atom. The molecule has 0 saturated carbocycles. The second-order valence-electron chi connectivity index (χ2n) is 9.64. The molecule has 8 nitrogen and oxygen atoms in total. The number of fused-ring (bicyclic) bond motifs is 3. The van der Waals surface area contributed by atoms with Crippen molar-refractivity contribution in [1.29, 1.82) is 0 Å². The van der Waals surface area contributed by atoms with Gasteiger partial charge in [0.05, 0.1) is 52.5 Å². The minimum absolute atomic E-state index is 0.172. The first kappa shape index (κ1) is 26.4. The molecule has 2 aliphatic rings. The predicted molar refractivity (Wildman–Crippen MR) is 133 cm³/mol. The molecule has 3 atom stereocenters. The third-order valence-corrected chi connectivity index (χ3v) is 7.81. The van der Waals surface area contributed by atoms with E-state index in [0.29, 0.717) is 34.5 Å². The molecule has 0 spiro atoms. The Balaban J connectivity index is 1.45. The highest BCUT2D eigenvalue weighted by Gasteiger charge is 2.41. The van der Waals surface area contributed by atoms with Gasteiger partial charge in [-0.2, -0.15) is 18.3 Å². The summed E-state index contributed by atoms with van der Waals surface area (Å²) in [6, 6.07) is 3.68. The molecule has 4 heterocycles. The number of rotatable bonds is 3. The smallest absolute Gasteiger partial charge is 0.331 e. The summed E-state index contributed by atoms with van der Waals surface area (Å²) in [6.45, 7) is 5.99. The first-order chi connectivity index (χ1) is 17.9. The summed E-state index contributed by atoms with van der Waals surface area (Å²) in [4.78, 5) is 37.8. The van der Waals surface area contributed by atoms with E-state index in [0.717, 1.165) is 11.9 Å². The standard InChI is InChI=1S/C25H23Cl2F3N6O2/c1-12-6-19-16(11-34(12)23(37)15-4-5-17(26)18(27)7-15)22-24(38)35(10-13(2)36(22)33-19)14(3)20-8-32-21(9-31-20)25(28,29)30/h4-5,7-9,12-14H,6,10-11H2,1-3H3/t12-,13-,14-/m1/s1. The number of amides is 2. The van der Waals surface area contributed by atoms with Crippen LogP contribution in [-0.4, -0.2) is 53.9 Å². The fourth-order valence-electron chi connectivity index (χ4n) is 4.95. The second kappa shape index (κ2) is 9.53. The van der Waals surface area contributed by atoms with Gasteiger partial charge >= 0.3 is 6.18 Å². The largest absolute Gasteiger partial charge is 0.434 e. The predicted octanol–water partition coefficient (Wildman–Crippen LogP) is 5.36. The number of alkyl halides is 3. The van der Waals surface area contributed by atoms with Crippen LogP contribution in [-0.2, 0) is 19.1 Å². The average Bonchev–Trinajstić information content (AvgIpc) is 3.25. The molecule has 0 fully saturated rings. The van der Waals surface area contributed by atoms with E-state index in [9.17, 15) is 22.8 Å². The quantitative estimate of drug-likeness (QED) is 0.426. The molecule has 0 saturated heterocycles. The Hall–Kier alpha value is -3.18. The first-order valence-electron chi connectivity index (χ1n) is 11.9. The van der Waals surface area contributed by atoms with Crippen LogP contribution in [0.3, 0.4) is 0 Å². The molecule has 5 rings (SSSR count). The zero-order valence-corrected chi connectivity index (χ0v) is 22.1. The fourth-order valence-corrected chi connectivity index (χ4v) is 5.25. The molecule has 0 radical (unpaired) electrons. The highest BCUT2D eigenvalue weighted by Crippen LogP contribution is 2.35. The molecule has 1 aromatic carbocycles. The average molecular weight is 567 g/mol. The summed E-state index contributed by atoms with van der Waals surface area (Å²) in [5.74, 6) is -0.578. The molecule has 0 unspecified atom stereocenters. The van der Waals surface area contributed by atoms with Gasteiger partial charge in [-0.3, -0.25) is 19.3 Å². The number of carbonyl (C=O) groups excluding carboxylic acids is 2. The number of benzene rings is 1. The second-order valence-corrected chi connectivity index (χ2v) is 10.5. The summed E-state index contributed by atoms with van der Waals surface area (Å²) < 4.78 is 40.5. The molecule has 13 heteroatoms. The normalized spacial score (nSPS) is 20.3. The third-order valence-electron chi connectivity index (χ3n) is 7.07. The SMILES string of the molecule is C[C@@H]1Cc2nn3c(c2CN1C(=O)c1ccc(Cl)c(Cl)c1)C(=O)N([C@H](C)c1cnc(C(F)(F)F)cn1)C[C@H]3C. The highest BCUT2D eigenvalue weighted by molar-refractivity contribution is 6.42. The van der Waals surface area contributed by atoms with Gasteiger partial charge in [0, 0.05) is 30.1 Å². The Morgan fingerprint density at radius 1 is 1.11 bits per heavy atom. The van der Waals surface area contributed by atoms with Crippen LogP contribution >= 0.6 is 23.2 Å². The fraction of sp³-hybridized carbons (Fsp3) is 0.400. The maximum absolute atomic E-state index is 13.7. The van der Waals surface area contributed by atoms with Crippen molar-refractivity contribution in [2.24, 2.45) is 0 Å². The molecule has 2 aromatic heterocycles. The van der Waals surface area contributed by atoms with E-state index in [1.807, 2.05) is 13.8 Å². The van der Waals surface area contributed by atoms with Crippen LogP contribution in [0, 0.1) is 0 Å². The van der Waals surface area contributed by atoms with Gasteiger partial charge in [-0.1, -0.05) is 23.2 Å². The molecule has 0 aliphatic carbocycles. The molecule has 0 N–H and O–H groups in total. The lowest BCUT2D eigenvalue weighted by atomic mass is 9.97. The number of carbonyl (C=O) groups is 2. The summed E-state index contributed by atoms with van der Waals surface area (Å²) in [6.07, 6.45) is -2.42. The topological polar surface area (TPSA) is 84.2 Å². The zero-order valence-electron chi connectivity index (χ0n) is 20.6. The lowest BCUT2D eigenvalue weighted by Crippen LogP contribution is -2.45. The van der Waals surface area contributed by atoms with Gasteiger partial charge in [0.1, 0.15) is 5.69 Å². The van der Waals surface area contributed by atoms with E-state index < -0.39 is 17.9 Å². The van der Waals surface area contributed by atoms with Crippen LogP contribution in [0.15, 0.2) is 30.6 Å². The van der Waals surface area contributed by atoms with E-state index in [4.69, 9.17) is 28.3 Å². The highest BCUT2D eigenvalue weighted by atomic mass is 35.5. The van der Waals surface area contributed by atoms with Crippen molar-refractivity contribution < 1.29 is 22.8 Å². The van der Waals surface area contributed by atoms with Gasteiger partial charge < -0.3 is 9.80 Å². The molecule has 38 heavy (non-hydrogen) atoms. The van der Waals surface area contributed by atoms with E-state index >= 15 is 0 Å². The number of hydrogen-bond donors (Lipinski definition) is 0. The lowest BCUT2D eigenvalue weighted by molar-refractivity contribution is -0.141. The van der Waals surface area contributed by atoms with Crippen molar-refractivity contribution in [2.45, 2.75) is 58.0 Å². The lowest BCUT2D eigenvalue weighted by Gasteiger charge is -2.37. The minimum Gasteiger partial charge on any atom is -0.331 e. The van der Waals surface area contributed by atoms with Crippen LogP contribution < -0.4 is 0 Å². The Morgan fingerprint density at radius 2 is 1.84 bits per heavy atom.